The first-order valence-electron chi connectivity index (χ1n) is 6.40. The van der Waals surface area contributed by atoms with Gasteiger partial charge in [0.15, 0.2) is 0 Å². The molecule has 0 bridgehead atoms. The average molecular weight is 418 g/mol. The number of hydrogen-bond acceptors (Lipinski definition) is 3. The first kappa shape index (κ1) is 16.0. The van der Waals surface area contributed by atoms with Gasteiger partial charge in [-0.25, -0.2) is 0 Å². The van der Waals surface area contributed by atoms with Gasteiger partial charge in [0.25, 0.3) is 11.5 Å². The lowest BCUT2D eigenvalue weighted by Gasteiger charge is -2.13. The third kappa shape index (κ3) is 3.13. The molecule has 1 heterocycles. The van der Waals surface area contributed by atoms with E-state index in [2.05, 4.69) is 42.2 Å². The molecule has 0 aliphatic heterocycles. The fourth-order valence-electron chi connectivity index (χ4n) is 1.91. The van der Waals surface area contributed by atoms with Crippen LogP contribution in [-0.2, 0) is 0 Å². The molecule has 0 fully saturated rings. The molecule has 0 saturated heterocycles. The molecule has 1 amide bonds. The topological polar surface area (TPSA) is 82.2 Å². The van der Waals surface area contributed by atoms with Crippen molar-refractivity contribution in [1.82, 2.24) is 10.3 Å². The van der Waals surface area contributed by atoms with E-state index in [1.807, 2.05) is 13.8 Å². The third-order valence-electron chi connectivity index (χ3n) is 3.23. The summed E-state index contributed by atoms with van der Waals surface area (Å²) in [6, 6.07) is 3.31. The number of carbonyl (C=O) groups excluding carboxylic acids is 1. The second-order valence-corrected chi connectivity index (χ2v) is 6.54. The van der Waals surface area contributed by atoms with E-state index in [4.69, 9.17) is 0 Å². The standard InChI is InChI=1S/C14H14Br2N2O3/c1-3-6(2)17-13(20)10-12(19)8-4-7(15)5-9(16)11(8)18-14(10)21/h4-6H,3H2,1-2H3,(H,17,20)(H2,18,19,21)/t6-/m1/s1. The van der Waals surface area contributed by atoms with Gasteiger partial charge in [-0.05, 0) is 41.4 Å². The van der Waals surface area contributed by atoms with Gasteiger partial charge in [-0.3, -0.25) is 9.59 Å². The molecule has 21 heavy (non-hydrogen) atoms. The molecule has 3 N–H and O–H groups in total. The lowest BCUT2D eigenvalue weighted by molar-refractivity contribution is 0.0935. The van der Waals surface area contributed by atoms with E-state index in [9.17, 15) is 14.7 Å². The highest BCUT2D eigenvalue weighted by Gasteiger charge is 2.21. The Morgan fingerprint density at radius 2 is 2.10 bits per heavy atom. The fourth-order valence-corrected chi connectivity index (χ4v) is 3.24. The third-order valence-corrected chi connectivity index (χ3v) is 4.31. The number of amides is 1. The van der Waals surface area contributed by atoms with Crippen LogP contribution < -0.4 is 10.9 Å². The van der Waals surface area contributed by atoms with Gasteiger partial charge in [-0.15, -0.1) is 0 Å². The van der Waals surface area contributed by atoms with E-state index >= 15 is 0 Å². The lowest BCUT2D eigenvalue weighted by Crippen LogP contribution is -2.35. The molecule has 0 spiro atoms. The second-order valence-electron chi connectivity index (χ2n) is 4.77. The van der Waals surface area contributed by atoms with E-state index in [-0.39, 0.29) is 17.4 Å². The van der Waals surface area contributed by atoms with E-state index in [1.165, 1.54) is 0 Å². The average Bonchev–Trinajstić information content (AvgIpc) is 2.40. The zero-order valence-electron chi connectivity index (χ0n) is 11.5. The monoisotopic (exact) mass is 416 g/mol. The lowest BCUT2D eigenvalue weighted by atomic mass is 10.1. The Hall–Kier alpha value is -1.34. The Kier molecular flexibility index (Phi) is 4.73. The number of rotatable bonds is 3. The first-order chi connectivity index (χ1) is 9.85. The summed E-state index contributed by atoms with van der Waals surface area (Å²) in [5, 5.41) is 13.4. The van der Waals surface area contributed by atoms with Crippen molar-refractivity contribution in [1.29, 1.82) is 0 Å². The normalized spacial score (nSPS) is 12.4. The van der Waals surface area contributed by atoms with Gasteiger partial charge in [-0.1, -0.05) is 22.9 Å². The van der Waals surface area contributed by atoms with E-state index in [1.54, 1.807) is 12.1 Å². The molecule has 1 aromatic heterocycles. The van der Waals surface area contributed by atoms with Crippen molar-refractivity contribution in [3.05, 3.63) is 37.0 Å². The van der Waals surface area contributed by atoms with E-state index in [0.717, 1.165) is 10.9 Å². The van der Waals surface area contributed by atoms with Crippen LogP contribution in [0.15, 0.2) is 25.9 Å². The minimum atomic E-state index is -0.621. The number of H-pyrrole nitrogens is 1. The van der Waals surface area contributed by atoms with Crippen LogP contribution >= 0.6 is 31.9 Å². The predicted octanol–water partition coefficient (Wildman–Crippen LogP) is 3.29. The van der Waals surface area contributed by atoms with Crippen LogP contribution in [0, 0.1) is 0 Å². The number of aromatic hydroxyl groups is 1. The van der Waals surface area contributed by atoms with Crippen LogP contribution in [0.3, 0.4) is 0 Å². The fraction of sp³-hybridized carbons (Fsp3) is 0.286. The zero-order valence-corrected chi connectivity index (χ0v) is 14.6. The molecule has 112 valence electrons. The number of halogens is 2. The van der Waals surface area contributed by atoms with Crippen LogP contribution in [-0.4, -0.2) is 22.0 Å². The maximum Gasteiger partial charge on any atom is 0.265 e. The Morgan fingerprint density at radius 3 is 2.71 bits per heavy atom. The second kappa shape index (κ2) is 6.19. The van der Waals surface area contributed by atoms with Crippen molar-refractivity contribution < 1.29 is 9.90 Å². The zero-order chi connectivity index (χ0) is 15.7. The summed E-state index contributed by atoms with van der Waals surface area (Å²) in [6.45, 7) is 3.75. The minimum absolute atomic E-state index is 0.0822. The summed E-state index contributed by atoms with van der Waals surface area (Å²) in [4.78, 5) is 26.9. The molecule has 2 aromatic rings. The maximum absolute atomic E-state index is 12.2. The molecular weight excluding hydrogens is 404 g/mol. The smallest absolute Gasteiger partial charge is 0.265 e. The predicted molar refractivity (Wildman–Crippen MR) is 88.9 cm³/mol. The summed E-state index contributed by atoms with van der Waals surface area (Å²) in [7, 11) is 0. The Labute approximate surface area is 138 Å². The number of benzene rings is 1. The number of hydrogen-bond donors (Lipinski definition) is 3. The molecule has 0 aliphatic rings. The quantitative estimate of drug-likeness (QED) is 0.716. The van der Waals surface area contributed by atoms with Crippen LogP contribution in [0.2, 0.25) is 0 Å². The molecule has 0 aliphatic carbocycles. The summed E-state index contributed by atoms with van der Waals surface area (Å²) in [5.41, 5.74) is -0.447. The van der Waals surface area contributed by atoms with Gasteiger partial charge in [0.2, 0.25) is 0 Å². The highest BCUT2D eigenvalue weighted by atomic mass is 79.9. The molecule has 0 saturated carbocycles. The van der Waals surface area contributed by atoms with Crippen molar-refractivity contribution in [3.8, 4) is 5.75 Å². The van der Waals surface area contributed by atoms with Crippen molar-refractivity contribution in [2.75, 3.05) is 0 Å². The number of aromatic nitrogens is 1. The van der Waals surface area contributed by atoms with Crippen molar-refractivity contribution in [2.45, 2.75) is 26.3 Å². The maximum atomic E-state index is 12.2. The highest BCUT2D eigenvalue weighted by molar-refractivity contribution is 9.11. The Balaban J connectivity index is 2.66. The van der Waals surface area contributed by atoms with Crippen molar-refractivity contribution >= 4 is 48.7 Å². The van der Waals surface area contributed by atoms with Crippen LogP contribution in [0.25, 0.3) is 10.9 Å². The Morgan fingerprint density at radius 1 is 1.43 bits per heavy atom. The number of aromatic amines is 1. The molecule has 2 rings (SSSR count). The van der Waals surface area contributed by atoms with Crippen LogP contribution in [0.4, 0.5) is 0 Å². The SMILES string of the molecule is CC[C@@H](C)NC(=O)c1c(O)c2cc(Br)cc(Br)c2[nH]c1=O. The Bertz CT molecular complexity index is 771. The molecule has 1 atom stereocenters. The van der Waals surface area contributed by atoms with Gasteiger partial charge in [0.05, 0.1) is 5.52 Å². The summed E-state index contributed by atoms with van der Waals surface area (Å²) < 4.78 is 1.34. The van der Waals surface area contributed by atoms with Gasteiger partial charge >= 0.3 is 0 Å². The summed E-state index contributed by atoms with van der Waals surface area (Å²) in [6.07, 6.45) is 0.731. The van der Waals surface area contributed by atoms with Gasteiger partial charge in [0.1, 0.15) is 11.3 Å². The van der Waals surface area contributed by atoms with E-state index in [0.29, 0.717) is 15.4 Å². The minimum Gasteiger partial charge on any atom is -0.506 e. The molecule has 0 unspecified atom stereocenters. The molecule has 0 radical (unpaired) electrons. The van der Waals surface area contributed by atoms with Gasteiger partial charge in [-0.2, -0.15) is 0 Å². The highest BCUT2D eigenvalue weighted by Crippen LogP contribution is 2.32. The summed E-state index contributed by atoms with van der Waals surface area (Å²) in [5.74, 6) is -0.905. The summed E-state index contributed by atoms with van der Waals surface area (Å²) >= 11 is 6.63. The molecule has 1 aromatic carbocycles. The number of pyridine rings is 1. The van der Waals surface area contributed by atoms with Gasteiger partial charge in [0, 0.05) is 20.4 Å². The largest absolute Gasteiger partial charge is 0.506 e. The number of nitrogens with one attached hydrogen (secondary N) is 2. The first-order valence-corrected chi connectivity index (χ1v) is 7.98. The molecule has 5 nitrogen and oxygen atoms in total. The van der Waals surface area contributed by atoms with E-state index < -0.39 is 11.5 Å². The van der Waals surface area contributed by atoms with Crippen molar-refractivity contribution in [3.63, 3.8) is 0 Å². The number of fused-ring (bicyclic) bond motifs is 1. The molecule has 7 heteroatoms. The van der Waals surface area contributed by atoms with Crippen LogP contribution in [0.5, 0.6) is 5.75 Å². The molecular formula is C14H14Br2N2O3. The van der Waals surface area contributed by atoms with Crippen molar-refractivity contribution in [2.24, 2.45) is 0 Å². The van der Waals surface area contributed by atoms with Crippen LogP contribution in [0.1, 0.15) is 30.6 Å². The van der Waals surface area contributed by atoms with Gasteiger partial charge < -0.3 is 15.4 Å². The number of carbonyl (C=O) groups is 1.